The summed E-state index contributed by atoms with van der Waals surface area (Å²) in [7, 11) is 0. The van der Waals surface area contributed by atoms with Gasteiger partial charge < -0.3 is 4.52 Å². The van der Waals surface area contributed by atoms with Crippen molar-refractivity contribution in [3.05, 3.63) is 79.1 Å². The van der Waals surface area contributed by atoms with Crippen molar-refractivity contribution in [1.29, 1.82) is 0 Å². The maximum Gasteiger partial charge on any atom is 0.336 e. The van der Waals surface area contributed by atoms with Gasteiger partial charge in [0.2, 0.25) is 0 Å². The molecule has 0 aliphatic heterocycles. The van der Waals surface area contributed by atoms with Crippen LogP contribution in [0.3, 0.4) is 0 Å². The molecule has 7 heteroatoms. The first-order valence-electron chi connectivity index (χ1n) is 8.19. The van der Waals surface area contributed by atoms with Crippen LogP contribution in [-0.4, -0.2) is 14.3 Å². The number of rotatable bonds is 3. The molecule has 0 amide bonds. The van der Waals surface area contributed by atoms with Crippen molar-refractivity contribution >= 4 is 21.6 Å². The van der Waals surface area contributed by atoms with Crippen LogP contribution in [0.15, 0.2) is 49.8 Å². The molecule has 1 aromatic carbocycles. The van der Waals surface area contributed by atoms with E-state index < -0.39 is 0 Å². The quantitative estimate of drug-likeness (QED) is 0.558. The van der Waals surface area contributed by atoms with Gasteiger partial charge in [-0.25, -0.2) is 9.36 Å². The van der Waals surface area contributed by atoms with Crippen molar-refractivity contribution in [2.45, 2.75) is 27.3 Å². The molecule has 0 N–H and O–H groups in total. The fourth-order valence-corrected chi connectivity index (χ4v) is 3.94. The molecule has 3 heterocycles. The second-order valence-electron chi connectivity index (χ2n) is 6.29. The van der Waals surface area contributed by atoms with E-state index in [9.17, 15) is 9.59 Å². The van der Waals surface area contributed by atoms with E-state index in [2.05, 4.69) is 5.16 Å². The first-order chi connectivity index (χ1) is 12.5. The third kappa shape index (κ3) is 2.52. The van der Waals surface area contributed by atoms with Crippen LogP contribution in [-0.2, 0) is 6.54 Å². The van der Waals surface area contributed by atoms with E-state index in [-0.39, 0.29) is 11.2 Å². The van der Waals surface area contributed by atoms with E-state index in [0.29, 0.717) is 28.2 Å². The summed E-state index contributed by atoms with van der Waals surface area (Å²) in [5.74, 6) is 0.672. The monoisotopic (exact) mass is 367 g/mol. The van der Waals surface area contributed by atoms with E-state index in [1.165, 1.54) is 15.9 Å². The molecule has 26 heavy (non-hydrogen) atoms. The lowest BCUT2D eigenvalue weighted by atomic mass is 10.2. The molecule has 6 nitrogen and oxygen atoms in total. The highest BCUT2D eigenvalue weighted by atomic mass is 32.1. The molecule has 0 fully saturated rings. The number of hydrogen-bond acceptors (Lipinski definition) is 5. The molecule has 4 aromatic rings. The Balaban J connectivity index is 2.03. The third-order valence-corrected chi connectivity index (χ3v) is 5.40. The van der Waals surface area contributed by atoms with Crippen molar-refractivity contribution in [3.8, 4) is 5.69 Å². The summed E-state index contributed by atoms with van der Waals surface area (Å²) in [6.45, 7) is 5.90. The van der Waals surface area contributed by atoms with Crippen LogP contribution in [0, 0.1) is 20.8 Å². The van der Waals surface area contributed by atoms with Crippen LogP contribution in [0.2, 0.25) is 0 Å². The molecule has 132 valence electrons. The second kappa shape index (κ2) is 6.10. The maximum atomic E-state index is 13.2. The second-order valence-corrected chi connectivity index (χ2v) is 7.20. The predicted octanol–water partition coefficient (Wildman–Crippen LogP) is 3.18. The van der Waals surface area contributed by atoms with Crippen LogP contribution in [0.25, 0.3) is 15.9 Å². The first-order valence-corrected chi connectivity index (χ1v) is 9.07. The van der Waals surface area contributed by atoms with Gasteiger partial charge in [0, 0.05) is 5.56 Å². The highest BCUT2D eigenvalue weighted by Gasteiger charge is 2.18. The van der Waals surface area contributed by atoms with Crippen molar-refractivity contribution < 1.29 is 4.52 Å². The van der Waals surface area contributed by atoms with Crippen LogP contribution >= 0.6 is 11.3 Å². The SMILES string of the molecule is Cc1cccc(-n2c(=O)c3sccc3n(Cc3c(C)noc3C)c2=O)c1. The number of fused-ring (bicyclic) bond motifs is 1. The smallest absolute Gasteiger partial charge is 0.336 e. The lowest BCUT2D eigenvalue weighted by Crippen LogP contribution is -2.38. The summed E-state index contributed by atoms with van der Waals surface area (Å²) in [5.41, 5.74) is 3.13. The van der Waals surface area contributed by atoms with Gasteiger partial charge in [-0.15, -0.1) is 11.3 Å². The van der Waals surface area contributed by atoms with Crippen molar-refractivity contribution in [3.63, 3.8) is 0 Å². The van der Waals surface area contributed by atoms with Gasteiger partial charge in [-0.3, -0.25) is 9.36 Å². The fourth-order valence-electron chi connectivity index (χ4n) is 3.12. The van der Waals surface area contributed by atoms with E-state index in [4.69, 9.17) is 4.52 Å². The molecule has 0 radical (unpaired) electrons. The summed E-state index contributed by atoms with van der Waals surface area (Å²) in [5, 5.41) is 5.79. The Hall–Kier alpha value is -2.93. The molecule has 0 bridgehead atoms. The normalized spacial score (nSPS) is 11.3. The number of thiophene rings is 1. The average Bonchev–Trinajstić information content (AvgIpc) is 3.20. The van der Waals surface area contributed by atoms with Gasteiger partial charge in [-0.2, -0.15) is 0 Å². The van der Waals surface area contributed by atoms with E-state index in [1.807, 2.05) is 50.4 Å². The minimum absolute atomic E-state index is 0.291. The molecule has 4 rings (SSSR count). The topological polar surface area (TPSA) is 70.0 Å². The number of aromatic nitrogens is 3. The molecule has 3 aromatic heterocycles. The Kier molecular flexibility index (Phi) is 3.88. The van der Waals surface area contributed by atoms with Crippen LogP contribution in [0.1, 0.15) is 22.6 Å². The summed E-state index contributed by atoms with van der Waals surface area (Å²) in [4.78, 5) is 26.2. The van der Waals surface area contributed by atoms with Gasteiger partial charge in [0.1, 0.15) is 10.5 Å². The summed E-state index contributed by atoms with van der Waals surface area (Å²) < 4.78 is 8.63. The average molecular weight is 367 g/mol. The number of benzene rings is 1. The molecule has 0 atom stereocenters. The van der Waals surface area contributed by atoms with Crippen LogP contribution in [0.5, 0.6) is 0 Å². The summed E-state index contributed by atoms with van der Waals surface area (Å²) in [6, 6.07) is 9.19. The molecule has 0 spiro atoms. The van der Waals surface area contributed by atoms with Crippen LogP contribution < -0.4 is 11.2 Å². The number of hydrogen-bond donors (Lipinski definition) is 0. The highest BCUT2D eigenvalue weighted by molar-refractivity contribution is 7.17. The largest absolute Gasteiger partial charge is 0.361 e. The van der Waals surface area contributed by atoms with Gasteiger partial charge in [-0.05, 0) is 49.9 Å². The zero-order valence-corrected chi connectivity index (χ0v) is 15.5. The fraction of sp³-hybridized carbons (Fsp3) is 0.211. The molecule has 0 saturated carbocycles. The lowest BCUT2D eigenvalue weighted by molar-refractivity contribution is 0.392. The van der Waals surface area contributed by atoms with Crippen LogP contribution in [0.4, 0.5) is 0 Å². The zero-order valence-electron chi connectivity index (χ0n) is 14.6. The van der Waals surface area contributed by atoms with Gasteiger partial charge >= 0.3 is 5.69 Å². The molecule has 0 aliphatic rings. The molecule has 0 aliphatic carbocycles. The van der Waals surface area contributed by atoms with Gasteiger partial charge in [0.05, 0.1) is 23.4 Å². The first kappa shape index (κ1) is 16.5. The van der Waals surface area contributed by atoms with Gasteiger partial charge in [-0.1, -0.05) is 17.3 Å². The van der Waals surface area contributed by atoms with Gasteiger partial charge in [0.25, 0.3) is 5.56 Å². The summed E-state index contributed by atoms with van der Waals surface area (Å²) in [6.07, 6.45) is 0. The Morgan fingerprint density at radius 1 is 1.15 bits per heavy atom. The Morgan fingerprint density at radius 3 is 2.65 bits per heavy atom. The van der Waals surface area contributed by atoms with Crippen molar-refractivity contribution in [1.82, 2.24) is 14.3 Å². The summed E-state index contributed by atoms with van der Waals surface area (Å²) >= 11 is 1.34. The molecule has 0 saturated heterocycles. The zero-order chi connectivity index (χ0) is 18.4. The standard InChI is InChI=1S/C19H17N3O3S/c1-11-5-4-6-14(9-11)22-18(23)17-16(7-8-26-17)21(19(22)24)10-15-12(2)20-25-13(15)3/h4-9H,10H2,1-3H3. The van der Waals surface area contributed by atoms with Gasteiger partial charge in [0.15, 0.2) is 0 Å². The Labute approximate surface area is 152 Å². The third-order valence-electron chi connectivity index (χ3n) is 4.51. The van der Waals surface area contributed by atoms with E-state index in [1.54, 1.807) is 10.6 Å². The number of aryl methyl sites for hydroxylation is 3. The Bertz CT molecular complexity index is 1220. The minimum atomic E-state index is -0.369. The van der Waals surface area contributed by atoms with Crippen molar-refractivity contribution in [2.75, 3.05) is 0 Å². The predicted molar refractivity (Wildman–Crippen MR) is 101 cm³/mol. The molecular weight excluding hydrogens is 350 g/mol. The van der Waals surface area contributed by atoms with Crippen molar-refractivity contribution in [2.24, 2.45) is 0 Å². The highest BCUT2D eigenvalue weighted by Crippen LogP contribution is 2.20. The minimum Gasteiger partial charge on any atom is -0.361 e. The van der Waals surface area contributed by atoms with E-state index in [0.717, 1.165) is 16.8 Å². The number of nitrogens with zero attached hydrogens (tertiary/aromatic N) is 3. The molecule has 0 unspecified atom stereocenters. The van der Waals surface area contributed by atoms with E-state index >= 15 is 0 Å². The lowest BCUT2D eigenvalue weighted by Gasteiger charge is -2.12. The Morgan fingerprint density at radius 2 is 1.96 bits per heavy atom. The molecular formula is C19H17N3O3S. The maximum absolute atomic E-state index is 13.2.